The average Bonchev–Trinajstić information content (AvgIpc) is 3.34. The second-order valence-corrected chi connectivity index (χ2v) is 15.3. The molecule has 11 rings (SSSR count). The van der Waals surface area contributed by atoms with E-state index in [2.05, 4.69) is 212 Å². The largest absolute Gasteiger partial charge is 0.228 e. The van der Waals surface area contributed by atoms with Crippen molar-refractivity contribution in [1.29, 1.82) is 0 Å². The zero-order valence-electron chi connectivity index (χ0n) is 32.8. The molecule has 0 fully saturated rings. The van der Waals surface area contributed by atoms with Gasteiger partial charge in [-0.25, -0.2) is 9.97 Å². The summed E-state index contributed by atoms with van der Waals surface area (Å²) in [4.78, 5) is 10.5. The Balaban J connectivity index is 1.02. The van der Waals surface area contributed by atoms with Crippen LogP contribution in [0.4, 0.5) is 0 Å². The zero-order chi connectivity index (χ0) is 39.8. The van der Waals surface area contributed by atoms with Crippen LogP contribution < -0.4 is 0 Å². The Morgan fingerprint density at radius 1 is 0.233 bits per heavy atom. The van der Waals surface area contributed by atoms with E-state index in [-0.39, 0.29) is 0 Å². The first-order valence-electron chi connectivity index (χ1n) is 20.5. The van der Waals surface area contributed by atoms with Crippen LogP contribution in [0.15, 0.2) is 231 Å². The maximum Gasteiger partial charge on any atom is 0.160 e. The lowest BCUT2D eigenvalue weighted by Gasteiger charge is -2.15. The highest BCUT2D eigenvalue weighted by Crippen LogP contribution is 2.41. The monoisotopic (exact) mass is 762 g/mol. The minimum atomic E-state index is 0.695. The second-order valence-electron chi connectivity index (χ2n) is 15.3. The van der Waals surface area contributed by atoms with Crippen LogP contribution >= 0.6 is 0 Å². The first kappa shape index (κ1) is 35.2. The van der Waals surface area contributed by atoms with Crippen molar-refractivity contribution in [2.24, 2.45) is 0 Å². The third-order valence-corrected chi connectivity index (χ3v) is 11.7. The van der Waals surface area contributed by atoms with E-state index in [0.29, 0.717) is 5.82 Å². The van der Waals surface area contributed by atoms with Gasteiger partial charge < -0.3 is 0 Å². The fourth-order valence-electron chi connectivity index (χ4n) is 8.72. The highest BCUT2D eigenvalue weighted by Gasteiger charge is 2.16. The fraction of sp³-hybridized carbons (Fsp3) is 0. The Hall–Kier alpha value is -7.94. The Morgan fingerprint density at radius 3 is 1.53 bits per heavy atom. The Labute approximate surface area is 349 Å². The summed E-state index contributed by atoms with van der Waals surface area (Å²) in [6, 6.07) is 82.4. The molecular weight excluding hydrogens is 725 g/mol. The van der Waals surface area contributed by atoms with Crippen LogP contribution in [-0.2, 0) is 0 Å². The molecular formula is C58H38N2. The summed E-state index contributed by atoms with van der Waals surface area (Å²) in [6.07, 6.45) is 0. The number of rotatable bonds is 7. The van der Waals surface area contributed by atoms with Crippen molar-refractivity contribution in [3.8, 4) is 78.4 Å². The minimum absolute atomic E-state index is 0.695. The van der Waals surface area contributed by atoms with Crippen LogP contribution in [0.2, 0.25) is 0 Å². The molecule has 280 valence electrons. The summed E-state index contributed by atoms with van der Waals surface area (Å²) in [6.45, 7) is 0. The molecule has 0 unspecified atom stereocenters. The molecule has 0 spiro atoms. The number of hydrogen-bond donors (Lipinski definition) is 0. The smallest absolute Gasteiger partial charge is 0.160 e. The van der Waals surface area contributed by atoms with Crippen LogP contribution in [0.1, 0.15) is 0 Å². The van der Waals surface area contributed by atoms with Crippen LogP contribution in [-0.4, -0.2) is 9.97 Å². The van der Waals surface area contributed by atoms with Crippen molar-refractivity contribution < 1.29 is 0 Å². The van der Waals surface area contributed by atoms with Gasteiger partial charge in [0.15, 0.2) is 5.82 Å². The predicted molar refractivity (Wildman–Crippen MR) is 253 cm³/mol. The van der Waals surface area contributed by atoms with E-state index in [4.69, 9.17) is 9.97 Å². The van der Waals surface area contributed by atoms with Gasteiger partial charge in [-0.2, -0.15) is 0 Å². The van der Waals surface area contributed by atoms with Crippen molar-refractivity contribution in [2.45, 2.75) is 0 Å². The lowest BCUT2D eigenvalue weighted by Crippen LogP contribution is -1.97. The number of hydrogen-bond acceptors (Lipinski definition) is 2. The fourth-order valence-corrected chi connectivity index (χ4v) is 8.72. The van der Waals surface area contributed by atoms with Gasteiger partial charge in [0.25, 0.3) is 0 Å². The van der Waals surface area contributed by atoms with Crippen LogP contribution in [0.5, 0.6) is 0 Å². The standard InChI is InChI=1S/C58H38N2/c1-3-15-39(16-4-1)40-29-31-42(32-30-40)49-25-11-12-28-52(49)56-38-55(59-58(60-56)43-18-5-2-6-19-43)47-23-13-21-44(35-47)45-22-14-24-48(36-45)57-51-27-10-8-20-46(51)37-54-50-26-9-7-17-41(50)33-34-53(54)57/h1-38H. The Bertz CT molecular complexity index is 3350. The van der Waals surface area contributed by atoms with Gasteiger partial charge in [0.2, 0.25) is 0 Å². The van der Waals surface area contributed by atoms with Crippen molar-refractivity contribution in [2.75, 3.05) is 0 Å². The molecule has 0 radical (unpaired) electrons. The molecule has 0 N–H and O–H groups in total. The van der Waals surface area contributed by atoms with Crippen LogP contribution in [0.25, 0.3) is 111 Å². The van der Waals surface area contributed by atoms with Gasteiger partial charge in [0.05, 0.1) is 11.4 Å². The van der Waals surface area contributed by atoms with Gasteiger partial charge >= 0.3 is 0 Å². The SMILES string of the molecule is c1ccc(-c2ccc(-c3ccccc3-c3cc(-c4cccc(-c5cccc(-c6c7ccccc7cc7c6ccc6ccccc67)c5)c4)nc(-c4ccccc4)n3)cc2)cc1. The van der Waals surface area contributed by atoms with Gasteiger partial charge in [-0.3, -0.25) is 0 Å². The molecule has 0 aliphatic carbocycles. The molecule has 0 aliphatic rings. The van der Waals surface area contributed by atoms with Gasteiger partial charge in [-0.1, -0.05) is 206 Å². The Morgan fingerprint density at radius 2 is 0.767 bits per heavy atom. The van der Waals surface area contributed by atoms with Crippen molar-refractivity contribution in [3.05, 3.63) is 231 Å². The summed E-state index contributed by atoms with van der Waals surface area (Å²) in [5, 5.41) is 7.54. The molecule has 0 saturated carbocycles. The molecule has 0 bridgehead atoms. The molecule has 0 saturated heterocycles. The summed E-state index contributed by atoms with van der Waals surface area (Å²) in [5.74, 6) is 0.695. The predicted octanol–water partition coefficient (Wildman–Crippen LogP) is 15.6. The normalized spacial score (nSPS) is 11.3. The van der Waals surface area contributed by atoms with E-state index >= 15 is 0 Å². The van der Waals surface area contributed by atoms with E-state index in [1.54, 1.807) is 0 Å². The first-order chi connectivity index (χ1) is 29.7. The molecule has 2 heteroatoms. The number of benzene rings is 10. The number of fused-ring (bicyclic) bond motifs is 4. The second kappa shape index (κ2) is 15.1. The van der Waals surface area contributed by atoms with E-state index in [1.165, 1.54) is 54.6 Å². The summed E-state index contributed by atoms with van der Waals surface area (Å²) >= 11 is 0. The molecule has 0 amide bonds. The van der Waals surface area contributed by atoms with Gasteiger partial charge in [-0.15, -0.1) is 0 Å². The zero-order valence-corrected chi connectivity index (χ0v) is 32.8. The molecule has 0 aliphatic heterocycles. The molecule has 2 nitrogen and oxygen atoms in total. The molecule has 1 aromatic heterocycles. The maximum atomic E-state index is 5.23. The van der Waals surface area contributed by atoms with Gasteiger partial charge in [-0.05, 0) is 101 Å². The summed E-state index contributed by atoms with van der Waals surface area (Å²) in [5.41, 5.74) is 14.2. The third kappa shape index (κ3) is 6.51. The summed E-state index contributed by atoms with van der Waals surface area (Å²) in [7, 11) is 0. The van der Waals surface area contributed by atoms with Gasteiger partial charge in [0, 0.05) is 16.7 Å². The van der Waals surface area contributed by atoms with Crippen molar-refractivity contribution >= 4 is 32.3 Å². The average molecular weight is 763 g/mol. The van der Waals surface area contributed by atoms with Crippen molar-refractivity contribution in [1.82, 2.24) is 9.97 Å². The molecule has 0 atom stereocenters. The molecule has 11 aromatic rings. The lowest BCUT2D eigenvalue weighted by molar-refractivity contribution is 1.18. The maximum absolute atomic E-state index is 5.23. The quantitative estimate of drug-likeness (QED) is 0.119. The van der Waals surface area contributed by atoms with E-state index < -0.39 is 0 Å². The highest BCUT2D eigenvalue weighted by molar-refractivity contribution is 6.20. The number of nitrogens with zero attached hydrogens (tertiary/aromatic N) is 2. The molecule has 1 heterocycles. The van der Waals surface area contributed by atoms with E-state index in [9.17, 15) is 0 Å². The highest BCUT2D eigenvalue weighted by atomic mass is 14.9. The first-order valence-corrected chi connectivity index (χ1v) is 20.5. The van der Waals surface area contributed by atoms with Crippen molar-refractivity contribution in [3.63, 3.8) is 0 Å². The third-order valence-electron chi connectivity index (χ3n) is 11.7. The summed E-state index contributed by atoms with van der Waals surface area (Å²) < 4.78 is 0. The molecule has 60 heavy (non-hydrogen) atoms. The minimum Gasteiger partial charge on any atom is -0.228 e. The van der Waals surface area contributed by atoms with Crippen LogP contribution in [0.3, 0.4) is 0 Å². The van der Waals surface area contributed by atoms with Crippen LogP contribution in [0, 0.1) is 0 Å². The topological polar surface area (TPSA) is 25.8 Å². The molecule has 10 aromatic carbocycles. The van der Waals surface area contributed by atoms with Gasteiger partial charge in [0.1, 0.15) is 0 Å². The number of aromatic nitrogens is 2. The lowest BCUT2D eigenvalue weighted by atomic mass is 9.88. The van der Waals surface area contributed by atoms with E-state index in [1.807, 2.05) is 18.2 Å². The van der Waals surface area contributed by atoms with E-state index in [0.717, 1.165) is 50.3 Å². The Kier molecular flexibility index (Phi) is 8.87.